The topological polar surface area (TPSA) is 68.1 Å². The number of fused-ring (bicyclic) bond motifs is 1. The van der Waals surface area contributed by atoms with Crippen LogP contribution in [0.2, 0.25) is 0 Å². The number of aryl methyl sites for hydroxylation is 2. The molecule has 0 unspecified atom stereocenters. The molecule has 0 saturated carbocycles. The summed E-state index contributed by atoms with van der Waals surface area (Å²) in [5.41, 5.74) is 5.17. The first-order chi connectivity index (χ1) is 15.9. The molecule has 33 heavy (non-hydrogen) atoms. The van der Waals surface area contributed by atoms with E-state index in [-0.39, 0.29) is 11.7 Å². The Morgan fingerprint density at radius 2 is 1.76 bits per heavy atom. The van der Waals surface area contributed by atoms with Crippen molar-refractivity contribution in [1.29, 1.82) is 0 Å². The molecule has 1 aliphatic rings. The van der Waals surface area contributed by atoms with Crippen molar-refractivity contribution in [2.24, 2.45) is 13.0 Å². The van der Waals surface area contributed by atoms with Crippen molar-refractivity contribution in [2.45, 2.75) is 24.8 Å². The molecule has 5 rings (SSSR count). The summed E-state index contributed by atoms with van der Waals surface area (Å²) in [5.74, 6) is 0.285. The van der Waals surface area contributed by atoms with Crippen LogP contribution in [0.4, 0.5) is 0 Å². The molecule has 6 nitrogen and oxygen atoms in total. The van der Waals surface area contributed by atoms with E-state index in [1.165, 1.54) is 22.9 Å². The molecule has 0 spiro atoms. The number of hydrogen-bond acceptors (Lipinski definition) is 5. The maximum atomic E-state index is 13.1. The molecule has 0 radical (unpaired) electrons. The van der Waals surface area contributed by atoms with Gasteiger partial charge in [-0.2, -0.15) is 5.10 Å². The fraction of sp³-hybridized carbons (Fsp3) is 0.308. The molecule has 3 heterocycles. The molecule has 0 aliphatic carbocycles. The van der Waals surface area contributed by atoms with E-state index < -0.39 is 9.84 Å². The number of aromatic nitrogens is 3. The average molecular weight is 461 g/mol. The molecule has 2 aromatic heterocycles. The van der Waals surface area contributed by atoms with Crippen molar-refractivity contribution in [3.63, 3.8) is 0 Å². The summed E-state index contributed by atoms with van der Waals surface area (Å²) in [4.78, 5) is 7.00. The number of nitrogens with zero attached hydrogens (tertiary/aromatic N) is 4. The fourth-order valence-electron chi connectivity index (χ4n) is 4.75. The van der Waals surface area contributed by atoms with Gasteiger partial charge in [0, 0.05) is 31.7 Å². The van der Waals surface area contributed by atoms with E-state index in [0.717, 1.165) is 37.1 Å². The molecule has 4 aromatic rings. The molecule has 1 saturated heterocycles. The van der Waals surface area contributed by atoms with Crippen LogP contribution in [0.25, 0.3) is 22.2 Å². The van der Waals surface area contributed by atoms with Gasteiger partial charge in [-0.15, -0.1) is 0 Å². The van der Waals surface area contributed by atoms with Gasteiger partial charge in [0.15, 0.2) is 15.5 Å². The van der Waals surface area contributed by atoms with Crippen molar-refractivity contribution < 1.29 is 8.42 Å². The van der Waals surface area contributed by atoms with E-state index in [9.17, 15) is 8.42 Å². The lowest BCUT2D eigenvalue weighted by atomic mass is 10.0. The Labute approximate surface area is 194 Å². The molecule has 170 valence electrons. The highest BCUT2D eigenvalue weighted by Crippen LogP contribution is 2.26. The van der Waals surface area contributed by atoms with Gasteiger partial charge in [-0.1, -0.05) is 54.6 Å². The monoisotopic (exact) mass is 460 g/mol. The first-order valence-electron chi connectivity index (χ1n) is 11.3. The van der Waals surface area contributed by atoms with Crippen LogP contribution >= 0.6 is 0 Å². The van der Waals surface area contributed by atoms with Crippen LogP contribution < -0.4 is 0 Å². The predicted molar refractivity (Wildman–Crippen MR) is 131 cm³/mol. The summed E-state index contributed by atoms with van der Waals surface area (Å²) in [5, 5.41) is 5.14. The zero-order valence-electron chi connectivity index (χ0n) is 19.0. The minimum absolute atomic E-state index is 0.129. The maximum absolute atomic E-state index is 13.1. The van der Waals surface area contributed by atoms with Gasteiger partial charge in [-0.05, 0) is 48.6 Å². The van der Waals surface area contributed by atoms with Crippen LogP contribution in [-0.2, 0) is 23.4 Å². The molecular weight excluding hydrogens is 432 g/mol. The van der Waals surface area contributed by atoms with E-state index in [2.05, 4.69) is 51.4 Å². The van der Waals surface area contributed by atoms with Crippen molar-refractivity contribution >= 4 is 20.9 Å². The maximum Gasteiger partial charge on any atom is 0.180 e. The molecule has 0 amide bonds. The molecule has 0 N–H and O–H groups in total. The Morgan fingerprint density at radius 3 is 2.52 bits per heavy atom. The van der Waals surface area contributed by atoms with Gasteiger partial charge >= 0.3 is 0 Å². The van der Waals surface area contributed by atoms with E-state index >= 15 is 0 Å². The predicted octanol–water partition coefficient (Wildman–Crippen LogP) is 4.24. The molecule has 1 fully saturated rings. The van der Waals surface area contributed by atoms with E-state index in [4.69, 9.17) is 0 Å². The Morgan fingerprint density at radius 1 is 1.03 bits per heavy atom. The second-order valence-electron chi connectivity index (χ2n) is 8.99. The van der Waals surface area contributed by atoms with Gasteiger partial charge in [0.25, 0.3) is 0 Å². The van der Waals surface area contributed by atoms with Crippen LogP contribution in [-0.4, -0.2) is 46.9 Å². The van der Waals surface area contributed by atoms with Crippen LogP contribution in [0, 0.1) is 12.8 Å². The summed E-state index contributed by atoms with van der Waals surface area (Å²) in [7, 11) is -1.58. The van der Waals surface area contributed by atoms with Gasteiger partial charge in [-0.3, -0.25) is 9.58 Å². The van der Waals surface area contributed by atoms with E-state index in [1.807, 2.05) is 32.2 Å². The lowest BCUT2D eigenvalue weighted by Crippen LogP contribution is -2.23. The SMILES string of the molecule is Cc1nn(C)c2ncc(S(=O)(=O)C[C@@H]3CCN(Cc4ccc(-c5ccccc5)cc4)C3)cc12. The standard InChI is InChI=1S/C26H28N4O2S/c1-19-25-14-24(15-27-26(25)29(2)28-19)33(31,32)18-21-12-13-30(17-21)16-20-8-10-23(11-9-20)22-6-4-3-5-7-22/h3-11,14-15,21H,12-13,16-18H2,1-2H3/t21-/m1/s1. The fourth-order valence-corrected chi connectivity index (χ4v) is 6.35. The highest BCUT2D eigenvalue weighted by atomic mass is 32.2. The summed E-state index contributed by atoms with van der Waals surface area (Å²) >= 11 is 0. The van der Waals surface area contributed by atoms with Crippen LogP contribution in [0.15, 0.2) is 71.8 Å². The van der Waals surface area contributed by atoms with Gasteiger partial charge in [-0.25, -0.2) is 13.4 Å². The van der Waals surface area contributed by atoms with E-state index in [1.54, 1.807) is 10.7 Å². The van der Waals surface area contributed by atoms with Crippen molar-refractivity contribution in [3.05, 3.63) is 78.1 Å². The first kappa shape index (κ1) is 21.8. The Balaban J connectivity index is 1.23. The molecular formula is C26H28N4O2S. The number of benzene rings is 2. The van der Waals surface area contributed by atoms with Crippen LogP contribution in [0.3, 0.4) is 0 Å². The highest BCUT2D eigenvalue weighted by Gasteiger charge is 2.29. The van der Waals surface area contributed by atoms with Gasteiger partial charge < -0.3 is 0 Å². The number of pyridine rings is 1. The Kier molecular flexibility index (Phi) is 5.76. The first-order valence-corrected chi connectivity index (χ1v) is 12.9. The summed E-state index contributed by atoms with van der Waals surface area (Å²) in [6.45, 7) is 4.43. The lowest BCUT2D eigenvalue weighted by molar-refractivity contribution is 0.320. The third-order valence-electron chi connectivity index (χ3n) is 6.49. The molecule has 2 aromatic carbocycles. The number of rotatable bonds is 6. The van der Waals surface area contributed by atoms with Crippen molar-refractivity contribution in [1.82, 2.24) is 19.7 Å². The number of likely N-dealkylation sites (tertiary alicyclic amines) is 1. The lowest BCUT2D eigenvalue weighted by Gasteiger charge is -2.16. The van der Waals surface area contributed by atoms with Crippen LogP contribution in [0.5, 0.6) is 0 Å². The zero-order chi connectivity index (χ0) is 23.0. The van der Waals surface area contributed by atoms with Crippen molar-refractivity contribution in [2.75, 3.05) is 18.8 Å². The van der Waals surface area contributed by atoms with Gasteiger partial charge in [0.05, 0.1) is 16.3 Å². The highest BCUT2D eigenvalue weighted by molar-refractivity contribution is 7.91. The normalized spacial score (nSPS) is 17.1. The smallest absolute Gasteiger partial charge is 0.180 e. The minimum atomic E-state index is -3.40. The molecule has 1 aliphatic heterocycles. The molecule has 0 bridgehead atoms. The minimum Gasteiger partial charge on any atom is -0.299 e. The van der Waals surface area contributed by atoms with Gasteiger partial charge in [0.2, 0.25) is 0 Å². The Bertz CT molecular complexity index is 1380. The summed E-state index contributed by atoms with van der Waals surface area (Å²) in [6, 6.07) is 20.7. The van der Waals surface area contributed by atoms with Gasteiger partial charge in [0.1, 0.15) is 0 Å². The largest absolute Gasteiger partial charge is 0.299 e. The summed E-state index contributed by atoms with van der Waals surface area (Å²) in [6.07, 6.45) is 2.36. The van der Waals surface area contributed by atoms with Crippen molar-refractivity contribution in [3.8, 4) is 11.1 Å². The quantitative estimate of drug-likeness (QED) is 0.431. The summed E-state index contributed by atoms with van der Waals surface area (Å²) < 4.78 is 27.9. The molecule has 7 heteroatoms. The van der Waals surface area contributed by atoms with Crippen LogP contribution in [0.1, 0.15) is 17.7 Å². The molecule has 1 atom stereocenters. The zero-order valence-corrected chi connectivity index (χ0v) is 19.8. The third kappa shape index (κ3) is 4.56. The van der Waals surface area contributed by atoms with E-state index in [0.29, 0.717) is 10.5 Å². The third-order valence-corrected chi connectivity index (χ3v) is 8.34. The average Bonchev–Trinajstić information content (AvgIpc) is 3.37. The Hall–Kier alpha value is -3.03. The second-order valence-corrected chi connectivity index (χ2v) is 11.0. The second kappa shape index (κ2) is 8.72. The number of hydrogen-bond donors (Lipinski definition) is 0. The number of sulfone groups is 1.